The van der Waals surface area contributed by atoms with E-state index >= 15 is 0 Å². The quantitative estimate of drug-likeness (QED) is 0.499. The molecule has 2 heterocycles. The molecule has 1 aliphatic rings. The largest absolute Gasteiger partial charge is 0.397 e. The van der Waals surface area contributed by atoms with Crippen LogP contribution in [-0.4, -0.2) is 16.2 Å². The van der Waals surface area contributed by atoms with Crippen molar-refractivity contribution in [3.63, 3.8) is 0 Å². The van der Waals surface area contributed by atoms with Crippen LogP contribution in [0.15, 0.2) is 59.2 Å². The summed E-state index contributed by atoms with van der Waals surface area (Å²) in [4.78, 5) is 14.2. The van der Waals surface area contributed by atoms with Crippen molar-refractivity contribution >= 4 is 28.3 Å². The molecule has 2 N–H and O–H groups in total. The van der Waals surface area contributed by atoms with E-state index in [1.54, 1.807) is 6.92 Å². The highest BCUT2D eigenvalue weighted by molar-refractivity contribution is 5.97. The maximum atomic E-state index is 12.4. The van der Waals surface area contributed by atoms with E-state index in [4.69, 9.17) is 10.4 Å². The SMILES string of the molecule is CC(=O)N1Cc2ccc(-c3ccc(N)c4nonc34)cc2CCc2ccccc21. The molecule has 0 saturated heterocycles. The number of fused-ring (bicyclic) bond motifs is 3. The summed E-state index contributed by atoms with van der Waals surface area (Å²) in [5.74, 6) is 0.0447. The number of hydrogen-bond acceptors (Lipinski definition) is 5. The number of nitrogens with zero attached hydrogens (tertiary/aromatic N) is 3. The Morgan fingerprint density at radius 3 is 2.62 bits per heavy atom. The Morgan fingerprint density at radius 1 is 0.966 bits per heavy atom. The summed E-state index contributed by atoms with van der Waals surface area (Å²) in [6, 6.07) is 18.3. The Balaban J connectivity index is 1.60. The molecule has 6 heteroatoms. The molecular weight excluding hydrogens is 364 g/mol. The van der Waals surface area contributed by atoms with Gasteiger partial charge in [-0.1, -0.05) is 36.4 Å². The predicted molar refractivity (Wildman–Crippen MR) is 112 cm³/mol. The van der Waals surface area contributed by atoms with Crippen molar-refractivity contribution in [1.82, 2.24) is 10.3 Å². The maximum Gasteiger partial charge on any atom is 0.224 e. The third-order valence-corrected chi connectivity index (χ3v) is 5.62. The molecule has 5 rings (SSSR count). The number of para-hydroxylation sites is 1. The van der Waals surface area contributed by atoms with Gasteiger partial charge < -0.3 is 10.6 Å². The average molecular weight is 384 g/mol. The van der Waals surface area contributed by atoms with Crippen LogP contribution in [0.2, 0.25) is 0 Å². The molecule has 0 radical (unpaired) electrons. The van der Waals surface area contributed by atoms with Crippen LogP contribution >= 0.6 is 0 Å². The summed E-state index contributed by atoms with van der Waals surface area (Å²) >= 11 is 0. The number of rotatable bonds is 1. The second kappa shape index (κ2) is 6.74. The zero-order chi connectivity index (χ0) is 20.0. The maximum absolute atomic E-state index is 12.4. The van der Waals surface area contributed by atoms with E-state index < -0.39 is 0 Å². The highest BCUT2D eigenvalue weighted by Crippen LogP contribution is 2.34. The number of anilines is 2. The van der Waals surface area contributed by atoms with Gasteiger partial charge in [-0.25, -0.2) is 4.63 Å². The Kier molecular flexibility index (Phi) is 4.05. The van der Waals surface area contributed by atoms with Gasteiger partial charge in [0, 0.05) is 18.2 Å². The third-order valence-electron chi connectivity index (χ3n) is 5.62. The van der Waals surface area contributed by atoms with Crippen LogP contribution in [0.5, 0.6) is 0 Å². The van der Waals surface area contributed by atoms with Crippen molar-refractivity contribution in [3.05, 3.63) is 71.3 Å². The van der Waals surface area contributed by atoms with Crippen molar-refractivity contribution in [2.24, 2.45) is 0 Å². The molecule has 0 fully saturated rings. The smallest absolute Gasteiger partial charge is 0.224 e. The molecule has 3 aromatic carbocycles. The highest BCUT2D eigenvalue weighted by Gasteiger charge is 2.21. The Hall–Kier alpha value is -3.67. The van der Waals surface area contributed by atoms with Crippen LogP contribution in [0.25, 0.3) is 22.2 Å². The first-order valence-electron chi connectivity index (χ1n) is 9.61. The van der Waals surface area contributed by atoms with Gasteiger partial charge in [-0.2, -0.15) is 0 Å². The average Bonchev–Trinajstić information content (AvgIpc) is 3.20. The zero-order valence-corrected chi connectivity index (χ0v) is 16.1. The summed E-state index contributed by atoms with van der Waals surface area (Å²) in [6.45, 7) is 2.18. The van der Waals surface area contributed by atoms with Gasteiger partial charge in [0.1, 0.15) is 5.52 Å². The number of amides is 1. The molecule has 1 amide bonds. The fourth-order valence-electron chi connectivity index (χ4n) is 4.09. The van der Waals surface area contributed by atoms with E-state index in [1.165, 1.54) is 11.1 Å². The molecule has 144 valence electrons. The number of carbonyl (C=O) groups is 1. The second-order valence-electron chi connectivity index (χ2n) is 7.38. The van der Waals surface area contributed by atoms with E-state index in [-0.39, 0.29) is 5.91 Å². The summed E-state index contributed by atoms with van der Waals surface area (Å²) in [5, 5.41) is 7.97. The monoisotopic (exact) mass is 384 g/mol. The van der Waals surface area contributed by atoms with Crippen molar-refractivity contribution in [2.75, 3.05) is 10.6 Å². The van der Waals surface area contributed by atoms with Crippen LogP contribution in [0, 0.1) is 0 Å². The van der Waals surface area contributed by atoms with Gasteiger partial charge in [-0.3, -0.25) is 4.79 Å². The number of benzene rings is 3. The van der Waals surface area contributed by atoms with Gasteiger partial charge >= 0.3 is 0 Å². The fourth-order valence-corrected chi connectivity index (χ4v) is 4.09. The molecular formula is C23H20N4O2. The van der Waals surface area contributed by atoms with Crippen LogP contribution in [-0.2, 0) is 24.2 Å². The summed E-state index contributed by atoms with van der Waals surface area (Å²) in [7, 11) is 0. The van der Waals surface area contributed by atoms with Crippen LogP contribution in [0.4, 0.5) is 11.4 Å². The molecule has 6 nitrogen and oxygen atoms in total. The van der Waals surface area contributed by atoms with Gasteiger partial charge in [0.15, 0.2) is 5.52 Å². The standard InChI is InChI=1S/C23H20N4O2/c1-14(28)27-13-18-9-8-17(19-10-11-20(24)23-22(19)25-29-26-23)12-16(18)7-6-15-4-2-3-5-21(15)27/h2-5,8-12H,6-7,13,24H2,1H3. The summed E-state index contributed by atoms with van der Waals surface area (Å²) < 4.78 is 4.91. The summed E-state index contributed by atoms with van der Waals surface area (Å²) in [6.07, 6.45) is 1.78. The molecule has 0 unspecified atom stereocenters. The number of aryl methyl sites for hydroxylation is 2. The van der Waals surface area contributed by atoms with E-state index in [9.17, 15) is 4.79 Å². The Labute approximate surface area is 167 Å². The van der Waals surface area contributed by atoms with E-state index in [0.29, 0.717) is 23.3 Å². The number of hydrogen-bond donors (Lipinski definition) is 1. The fraction of sp³-hybridized carbons (Fsp3) is 0.174. The minimum atomic E-state index is 0.0447. The molecule has 4 aromatic rings. The number of nitrogens with two attached hydrogens (primary N) is 1. The predicted octanol–water partition coefficient (Wildman–Crippen LogP) is 4.12. The minimum absolute atomic E-state index is 0.0447. The third kappa shape index (κ3) is 2.93. The lowest BCUT2D eigenvalue weighted by Gasteiger charge is -2.28. The molecule has 0 atom stereocenters. The normalized spacial score (nSPS) is 13.5. The number of aromatic nitrogens is 2. The highest BCUT2D eigenvalue weighted by atomic mass is 16.6. The lowest BCUT2D eigenvalue weighted by atomic mass is 9.92. The zero-order valence-electron chi connectivity index (χ0n) is 16.1. The number of nitrogen functional groups attached to an aromatic ring is 1. The topological polar surface area (TPSA) is 85.2 Å². The van der Waals surface area contributed by atoms with Crippen molar-refractivity contribution in [3.8, 4) is 11.1 Å². The number of carbonyl (C=O) groups excluding carboxylic acids is 1. The first-order valence-corrected chi connectivity index (χ1v) is 9.61. The minimum Gasteiger partial charge on any atom is -0.397 e. The van der Waals surface area contributed by atoms with Crippen LogP contribution in [0.3, 0.4) is 0 Å². The van der Waals surface area contributed by atoms with Crippen LogP contribution in [0.1, 0.15) is 23.6 Å². The van der Waals surface area contributed by atoms with Gasteiger partial charge in [0.05, 0.1) is 12.2 Å². The van der Waals surface area contributed by atoms with Gasteiger partial charge in [-0.05, 0) is 63.6 Å². The lowest BCUT2D eigenvalue weighted by molar-refractivity contribution is -0.116. The van der Waals surface area contributed by atoms with E-state index in [0.717, 1.165) is 35.2 Å². The Morgan fingerprint density at radius 2 is 1.76 bits per heavy atom. The first kappa shape index (κ1) is 17.4. The van der Waals surface area contributed by atoms with Crippen LogP contribution < -0.4 is 10.6 Å². The molecule has 0 aliphatic carbocycles. The second-order valence-corrected chi connectivity index (χ2v) is 7.38. The molecule has 0 spiro atoms. The summed E-state index contributed by atoms with van der Waals surface area (Å²) in [5.41, 5.74) is 14.3. The van der Waals surface area contributed by atoms with Gasteiger partial charge in [0.25, 0.3) is 0 Å². The van der Waals surface area contributed by atoms with Gasteiger partial charge in [-0.15, -0.1) is 0 Å². The van der Waals surface area contributed by atoms with E-state index in [2.05, 4.69) is 34.6 Å². The molecule has 0 saturated carbocycles. The van der Waals surface area contributed by atoms with Crippen molar-refractivity contribution < 1.29 is 9.42 Å². The molecule has 29 heavy (non-hydrogen) atoms. The molecule has 0 bridgehead atoms. The first-order chi connectivity index (χ1) is 14.1. The van der Waals surface area contributed by atoms with E-state index in [1.807, 2.05) is 35.2 Å². The van der Waals surface area contributed by atoms with Gasteiger partial charge in [0.2, 0.25) is 5.91 Å². The molecule has 1 aliphatic heterocycles. The Bertz CT molecular complexity index is 1240. The lowest BCUT2D eigenvalue weighted by Crippen LogP contribution is -2.30. The van der Waals surface area contributed by atoms with Crippen molar-refractivity contribution in [2.45, 2.75) is 26.3 Å². The molecule has 1 aromatic heterocycles. The van der Waals surface area contributed by atoms with Crippen molar-refractivity contribution in [1.29, 1.82) is 0 Å².